The minimum atomic E-state index is -3.14. The molecule has 0 bridgehead atoms. The Kier molecular flexibility index (Phi) is 17.9. The van der Waals surface area contributed by atoms with E-state index in [1.807, 2.05) is 0 Å². The molecule has 0 aliphatic heterocycles. The fourth-order valence-corrected chi connectivity index (χ4v) is 7.36. The van der Waals surface area contributed by atoms with Crippen LogP contribution in [-0.2, 0) is 14.1 Å². The molecule has 0 aromatic carbocycles. The Hall–Kier alpha value is -0.340. The van der Waals surface area contributed by atoms with Crippen LogP contribution in [0.2, 0.25) is 0 Å². The van der Waals surface area contributed by atoms with E-state index in [0.717, 1.165) is 64.2 Å². The molecule has 0 radical (unpaired) electrons. The summed E-state index contributed by atoms with van der Waals surface area (Å²) in [5.74, 6) is 0.162. The van der Waals surface area contributed by atoms with Gasteiger partial charge in [0.05, 0.1) is 7.11 Å². The van der Waals surface area contributed by atoms with Gasteiger partial charge >= 0.3 is 5.97 Å². The number of esters is 1. The predicted octanol–water partition coefficient (Wildman–Crippen LogP) is 8.74. The number of methoxy groups -OCH3 is 1. The summed E-state index contributed by atoms with van der Waals surface area (Å²) in [6.07, 6.45) is 17.5. The first-order chi connectivity index (χ1) is 15.0. The summed E-state index contributed by atoms with van der Waals surface area (Å²) < 4.78 is 18.1. The third-order valence-electron chi connectivity index (χ3n) is 6.39. The van der Waals surface area contributed by atoms with Crippen LogP contribution < -0.4 is 0 Å². The maximum absolute atomic E-state index is 13.4. The zero-order valence-corrected chi connectivity index (χ0v) is 23.2. The molecule has 0 amide bonds. The van der Waals surface area contributed by atoms with Gasteiger partial charge < -0.3 is 9.63 Å². The normalized spacial score (nSPS) is 15.8. The molecule has 3 atom stereocenters. The lowest BCUT2D eigenvalue weighted by Gasteiger charge is -2.29. The molecule has 5 heteroatoms. The number of hydrogen-bond acceptors (Lipinski definition) is 3. The van der Waals surface area contributed by atoms with E-state index in [-0.39, 0.29) is 23.0 Å². The molecule has 0 aliphatic rings. The average Bonchev–Trinajstić information content (AvgIpc) is 2.68. The molecule has 3 unspecified atom stereocenters. The number of carbonyl (C=O) groups excluding carboxylic acids is 1. The van der Waals surface area contributed by atoms with Crippen LogP contribution in [0.4, 0.5) is 0 Å². The van der Waals surface area contributed by atoms with Crippen LogP contribution in [0.3, 0.4) is 0 Å². The molecule has 192 valence electrons. The first-order valence-electron chi connectivity index (χ1n) is 13.4. The van der Waals surface area contributed by atoms with Gasteiger partial charge in [-0.1, -0.05) is 105 Å². The van der Waals surface area contributed by atoms with E-state index in [0.29, 0.717) is 12.6 Å². The SMILES string of the molecule is CCCCCCCCC(CCCCCCCCC(=O)OC)P(=O)(O)CC(C)CC(C)(C)C. The lowest BCUT2D eigenvalue weighted by Crippen LogP contribution is -2.18. The smallest absolute Gasteiger partial charge is 0.305 e. The number of hydrogen-bond donors (Lipinski definition) is 1. The highest BCUT2D eigenvalue weighted by Crippen LogP contribution is 2.52. The Labute approximate surface area is 200 Å². The van der Waals surface area contributed by atoms with Gasteiger partial charge in [0.1, 0.15) is 0 Å². The van der Waals surface area contributed by atoms with Gasteiger partial charge in [0, 0.05) is 18.2 Å². The van der Waals surface area contributed by atoms with Crippen molar-refractivity contribution in [1.29, 1.82) is 0 Å². The fraction of sp³-hybridized carbons (Fsp3) is 0.963. The minimum absolute atomic E-state index is 0.0320. The summed E-state index contributed by atoms with van der Waals surface area (Å²) in [6.45, 7) is 11.0. The molecule has 0 heterocycles. The monoisotopic (exact) mass is 474 g/mol. The molecule has 0 fully saturated rings. The Morgan fingerprint density at radius 1 is 0.875 bits per heavy atom. The van der Waals surface area contributed by atoms with Crippen LogP contribution in [0, 0.1) is 11.3 Å². The zero-order valence-electron chi connectivity index (χ0n) is 22.3. The van der Waals surface area contributed by atoms with Crippen molar-refractivity contribution < 1.29 is 19.0 Å². The van der Waals surface area contributed by atoms with Crippen molar-refractivity contribution in [2.45, 2.75) is 143 Å². The fourth-order valence-electron chi connectivity index (χ4n) is 4.87. The quantitative estimate of drug-likeness (QED) is 0.109. The molecule has 1 N–H and O–H groups in total. The molecular formula is C27H55O4P. The molecule has 0 aromatic rings. The standard InChI is InChI=1S/C27H55O4P/c1-7-8-9-10-13-16-19-25(32(29,30)23-24(2)22-27(3,4)5)20-17-14-11-12-15-18-21-26(28)31-6/h24-25H,7-23H2,1-6H3,(H,29,30). The largest absolute Gasteiger partial charge is 0.469 e. The van der Waals surface area contributed by atoms with Crippen molar-refractivity contribution in [3.63, 3.8) is 0 Å². The van der Waals surface area contributed by atoms with Crippen LogP contribution in [-0.4, -0.2) is 29.8 Å². The zero-order chi connectivity index (χ0) is 24.5. The van der Waals surface area contributed by atoms with E-state index in [1.54, 1.807) is 0 Å². The van der Waals surface area contributed by atoms with Gasteiger partial charge in [-0.2, -0.15) is 0 Å². The Morgan fingerprint density at radius 3 is 1.81 bits per heavy atom. The van der Waals surface area contributed by atoms with Gasteiger partial charge in [-0.15, -0.1) is 0 Å². The highest BCUT2D eigenvalue weighted by Gasteiger charge is 2.32. The summed E-state index contributed by atoms with van der Waals surface area (Å²) in [7, 11) is -1.70. The number of ether oxygens (including phenoxy) is 1. The van der Waals surface area contributed by atoms with Gasteiger partial charge in [0.15, 0.2) is 0 Å². The van der Waals surface area contributed by atoms with Crippen LogP contribution >= 0.6 is 7.37 Å². The summed E-state index contributed by atoms with van der Waals surface area (Å²) >= 11 is 0. The van der Waals surface area contributed by atoms with Gasteiger partial charge in [-0.3, -0.25) is 9.36 Å². The van der Waals surface area contributed by atoms with Crippen LogP contribution in [0.25, 0.3) is 0 Å². The van der Waals surface area contributed by atoms with E-state index < -0.39 is 7.37 Å². The second-order valence-corrected chi connectivity index (χ2v) is 13.9. The minimum Gasteiger partial charge on any atom is -0.469 e. The number of carbonyl (C=O) groups is 1. The van der Waals surface area contributed by atoms with Gasteiger partial charge in [0.25, 0.3) is 0 Å². The topological polar surface area (TPSA) is 63.6 Å². The van der Waals surface area contributed by atoms with Crippen LogP contribution in [0.5, 0.6) is 0 Å². The summed E-state index contributed by atoms with van der Waals surface area (Å²) in [4.78, 5) is 22.2. The predicted molar refractivity (Wildman–Crippen MR) is 139 cm³/mol. The van der Waals surface area contributed by atoms with Crippen molar-refractivity contribution >= 4 is 13.3 Å². The second kappa shape index (κ2) is 18.0. The molecule has 0 saturated carbocycles. The van der Waals surface area contributed by atoms with Crippen molar-refractivity contribution in [2.24, 2.45) is 11.3 Å². The Bertz CT molecular complexity index is 512. The van der Waals surface area contributed by atoms with E-state index >= 15 is 0 Å². The number of rotatable bonds is 20. The lowest BCUT2D eigenvalue weighted by atomic mass is 9.86. The summed E-state index contributed by atoms with van der Waals surface area (Å²) in [6, 6.07) is 0. The lowest BCUT2D eigenvalue weighted by molar-refractivity contribution is -0.140. The molecule has 0 aromatic heterocycles. The first kappa shape index (κ1) is 31.7. The third-order valence-corrected chi connectivity index (χ3v) is 9.20. The molecule has 0 saturated heterocycles. The average molecular weight is 475 g/mol. The van der Waals surface area contributed by atoms with E-state index in [9.17, 15) is 14.3 Å². The molecule has 0 aliphatic carbocycles. The van der Waals surface area contributed by atoms with E-state index in [2.05, 4.69) is 39.4 Å². The maximum atomic E-state index is 13.4. The highest BCUT2D eigenvalue weighted by molar-refractivity contribution is 7.58. The molecule has 32 heavy (non-hydrogen) atoms. The first-order valence-corrected chi connectivity index (χ1v) is 15.3. The van der Waals surface area contributed by atoms with Crippen molar-refractivity contribution in [2.75, 3.05) is 13.3 Å². The van der Waals surface area contributed by atoms with Gasteiger partial charge in [-0.05, 0) is 37.0 Å². The Morgan fingerprint density at radius 2 is 1.34 bits per heavy atom. The van der Waals surface area contributed by atoms with E-state index in [1.165, 1.54) is 39.2 Å². The Balaban J connectivity index is 4.49. The summed E-state index contributed by atoms with van der Waals surface area (Å²) in [5, 5.41) is 0. The van der Waals surface area contributed by atoms with Crippen molar-refractivity contribution in [3.05, 3.63) is 0 Å². The van der Waals surface area contributed by atoms with Gasteiger partial charge in [0.2, 0.25) is 7.37 Å². The maximum Gasteiger partial charge on any atom is 0.305 e. The summed E-state index contributed by atoms with van der Waals surface area (Å²) in [5.41, 5.74) is 0.164. The highest BCUT2D eigenvalue weighted by atomic mass is 31.2. The third kappa shape index (κ3) is 18.1. The number of unbranched alkanes of at least 4 members (excludes halogenated alkanes) is 10. The molecule has 0 rings (SSSR count). The molecular weight excluding hydrogens is 419 g/mol. The molecule has 4 nitrogen and oxygen atoms in total. The van der Waals surface area contributed by atoms with Crippen molar-refractivity contribution in [3.8, 4) is 0 Å². The van der Waals surface area contributed by atoms with Crippen LogP contribution in [0.15, 0.2) is 0 Å². The second-order valence-electron chi connectivity index (χ2n) is 11.3. The molecule has 0 spiro atoms. The van der Waals surface area contributed by atoms with E-state index in [4.69, 9.17) is 0 Å². The van der Waals surface area contributed by atoms with Crippen molar-refractivity contribution in [1.82, 2.24) is 0 Å². The van der Waals surface area contributed by atoms with Crippen LogP contribution in [0.1, 0.15) is 137 Å². The van der Waals surface area contributed by atoms with Gasteiger partial charge in [-0.25, -0.2) is 0 Å².